The van der Waals surface area contributed by atoms with Crippen LogP contribution in [0.1, 0.15) is 31.6 Å². The number of hydrogen-bond acceptors (Lipinski definition) is 7. The minimum Gasteiger partial charge on any atom is -0.426 e. The van der Waals surface area contributed by atoms with Gasteiger partial charge in [0.2, 0.25) is 0 Å². The maximum absolute atomic E-state index is 12.6. The number of nitrogens with one attached hydrogen (secondary N) is 1. The van der Waals surface area contributed by atoms with E-state index in [-0.39, 0.29) is 17.9 Å². The average molecular weight is 364 g/mol. The molecule has 2 rings (SSSR count). The molecule has 1 aromatic heterocycles. The minimum atomic E-state index is -1.22. The third-order valence-electron chi connectivity index (χ3n) is 3.46. The molecule has 0 spiro atoms. The first kappa shape index (κ1) is 19.4. The Morgan fingerprint density at radius 2 is 2.36 bits per heavy atom. The van der Waals surface area contributed by atoms with E-state index in [1.54, 1.807) is 25.1 Å². The van der Waals surface area contributed by atoms with Crippen LogP contribution in [0.25, 0.3) is 0 Å². The van der Waals surface area contributed by atoms with Crippen molar-refractivity contribution in [1.82, 2.24) is 5.32 Å². The normalized spacial score (nSPS) is 20.9. The largest absolute Gasteiger partial charge is 0.478 e. The number of oxime groups is 1. The molecule has 0 saturated carbocycles. The summed E-state index contributed by atoms with van der Waals surface area (Å²) in [7, 11) is -1.22. The summed E-state index contributed by atoms with van der Waals surface area (Å²) in [5.41, 5.74) is 0.151. The van der Waals surface area contributed by atoms with Crippen molar-refractivity contribution < 1.29 is 24.1 Å². The van der Waals surface area contributed by atoms with Crippen molar-refractivity contribution in [2.75, 3.05) is 6.61 Å². The first-order valence-electron chi connectivity index (χ1n) is 8.05. The fraction of sp³-hybridized carbons (Fsp3) is 0.438. The minimum absolute atomic E-state index is 0.0341. The van der Waals surface area contributed by atoms with Crippen LogP contribution in [0.4, 0.5) is 0 Å². The SMILES string of the molecule is CCO/N=C(/C(=O)N[C@H]1CC=C[C@H](CC(C)=O)OB1O)c1cccs1. The predicted octanol–water partition coefficient (Wildman–Crippen LogP) is 1.32. The van der Waals surface area contributed by atoms with Crippen molar-refractivity contribution in [2.24, 2.45) is 5.16 Å². The van der Waals surface area contributed by atoms with Crippen molar-refractivity contribution in [3.63, 3.8) is 0 Å². The number of carbonyl (C=O) groups is 2. The zero-order valence-electron chi connectivity index (χ0n) is 14.2. The van der Waals surface area contributed by atoms with Gasteiger partial charge in [0.25, 0.3) is 5.91 Å². The highest BCUT2D eigenvalue weighted by Crippen LogP contribution is 2.14. The maximum Gasteiger partial charge on any atom is 0.478 e. The van der Waals surface area contributed by atoms with E-state index in [2.05, 4.69) is 10.5 Å². The standard InChI is InChI=1S/C16H21BN2O5S/c1-3-23-19-15(13-7-5-9-25-13)16(21)18-14-8-4-6-12(10-11(2)20)24-17(14)22/h4-7,9,12,14,22H,3,8,10H2,1-2H3,(H,18,21)/b19-15+/t12-,14+/m1/s1. The van der Waals surface area contributed by atoms with Crippen LogP contribution in [0.3, 0.4) is 0 Å². The van der Waals surface area contributed by atoms with Gasteiger partial charge in [0.1, 0.15) is 12.4 Å². The third-order valence-corrected chi connectivity index (χ3v) is 4.34. The average Bonchev–Trinajstić information content (AvgIpc) is 3.02. The van der Waals surface area contributed by atoms with Gasteiger partial charge in [-0.2, -0.15) is 0 Å². The lowest BCUT2D eigenvalue weighted by Gasteiger charge is -2.20. The summed E-state index contributed by atoms with van der Waals surface area (Å²) in [5.74, 6) is -1.14. The van der Waals surface area contributed by atoms with E-state index in [9.17, 15) is 14.6 Å². The predicted molar refractivity (Wildman–Crippen MR) is 96.3 cm³/mol. The second-order valence-electron chi connectivity index (χ2n) is 5.55. The lowest BCUT2D eigenvalue weighted by atomic mass is 9.77. The molecule has 1 aliphatic heterocycles. The van der Waals surface area contributed by atoms with E-state index in [0.29, 0.717) is 17.9 Å². The molecular formula is C16H21BN2O5S. The van der Waals surface area contributed by atoms with Crippen molar-refractivity contribution in [2.45, 2.75) is 38.7 Å². The summed E-state index contributed by atoms with van der Waals surface area (Å²) in [6.45, 7) is 3.58. The van der Waals surface area contributed by atoms with Crippen molar-refractivity contribution in [3.8, 4) is 0 Å². The fourth-order valence-electron chi connectivity index (χ4n) is 2.32. The van der Waals surface area contributed by atoms with Gasteiger partial charge in [0, 0.05) is 6.42 Å². The molecular weight excluding hydrogens is 343 g/mol. The second-order valence-corrected chi connectivity index (χ2v) is 6.50. The summed E-state index contributed by atoms with van der Waals surface area (Å²) in [5, 5.41) is 18.7. The first-order valence-corrected chi connectivity index (χ1v) is 8.93. The smallest absolute Gasteiger partial charge is 0.426 e. The van der Waals surface area contributed by atoms with Gasteiger partial charge < -0.3 is 19.8 Å². The molecule has 134 valence electrons. The second kappa shape index (κ2) is 9.50. The van der Waals surface area contributed by atoms with Crippen LogP contribution in [0, 0.1) is 0 Å². The molecule has 2 atom stereocenters. The van der Waals surface area contributed by atoms with Crippen LogP contribution in [0.2, 0.25) is 0 Å². The zero-order valence-corrected chi connectivity index (χ0v) is 15.0. The van der Waals surface area contributed by atoms with Crippen molar-refractivity contribution >= 4 is 35.9 Å². The van der Waals surface area contributed by atoms with Gasteiger partial charge >= 0.3 is 7.12 Å². The molecule has 7 nitrogen and oxygen atoms in total. The molecule has 0 aliphatic carbocycles. The Morgan fingerprint density at radius 1 is 1.56 bits per heavy atom. The molecule has 1 amide bonds. The monoisotopic (exact) mass is 364 g/mol. The molecule has 0 saturated heterocycles. The molecule has 25 heavy (non-hydrogen) atoms. The van der Waals surface area contributed by atoms with Gasteiger partial charge in [-0.05, 0) is 31.7 Å². The highest BCUT2D eigenvalue weighted by molar-refractivity contribution is 7.13. The van der Waals surface area contributed by atoms with Crippen molar-refractivity contribution in [1.29, 1.82) is 0 Å². The Bertz CT molecular complexity index is 647. The van der Waals surface area contributed by atoms with Gasteiger partial charge in [-0.3, -0.25) is 9.59 Å². The fourth-order valence-corrected chi connectivity index (χ4v) is 3.02. The van der Waals surface area contributed by atoms with Crippen molar-refractivity contribution in [3.05, 3.63) is 34.5 Å². The topological polar surface area (TPSA) is 97.2 Å². The van der Waals surface area contributed by atoms with Gasteiger partial charge in [-0.25, -0.2) is 0 Å². The van der Waals surface area contributed by atoms with Gasteiger partial charge in [-0.15, -0.1) is 11.3 Å². The molecule has 1 aromatic rings. The Balaban J connectivity index is 2.05. The van der Waals surface area contributed by atoms with E-state index in [1.807, 2.05) is 11.4 Å². The number of thiophene rings is 1. The Morgan fingerprint density at radius 3 is 3.00 bits per heavy atom. The lowest BCUT2D eigenvalue weighted by molar-refractivity contribution is -0.118. The van der Waals surface area contributed by atoms with Crippen LogP contribution < -0.4 is 5.32 Å². The molecule has 0 fully saturated rings. The molecule has 0 unspecified atom stereocenters. The Kier molecular flexibility index (Phi) is 7.36. The Hall–Kier alpha value is -1.97. The summed E-state index contributed by atoms with van der Waals surface area (Å²) >= 11 is 1.37. The number of rotatable bonds is 7. The molecule has 2 N–H and O–H groups in total. The van der Waals surface area contributed by atoms with E-state index >= 15 is 0 Å². The summed E-state index contributed by atoms with van der Waals surface area (Å²) < 4.78 is 5.45. The van der Waals surface area contributed by atoms with Crippen LogP contribution in [0.5, 0.6) is 0 Å². The maximum atomic E-state index is 12.6. The zero-order chi connectivity index (χ0) is 18.2. The summed E-state index contributed by atoms with van der Waals surface area (Å²) in [6, 6.07) is 3.58. The number of nitrogens with zero attached hydrogens (tertiary/aromatic N) is 1. The highest BCUT2D eigenvalue weighted by atomic mass is 32.1. The molecule has 0 bridgehead atoms. The quantitative estimate of drug-likeness (QED) is 0.329. The van der Waals surface area contributed by atoms with Crippen LogP contribution in [-0.2, 0) is 19.1 Å². The van der Waals surface area contributed by atoms with Gasteiger partial charge in [-0.1, -0.05) is 23.4 Å². The Labute approximate surface area is 150 Å². The highest BCUT2D eigenvalue weighted by Gasteiger charge is 2.33. The number of Topliss-reactive ketones (excluding diaryl/α,β-unsaturated/α-hetero) is 1. The molecule has 2 heterocycles. The molecule has 9 heteroatoms. The van der Waals surface area contributed by atoms with Crippen LogP contribution in [0.15, 0.2) is 34.8 Å². The van der Waals surface area contributed by atoms with Crippen LogP contribution in [-0.4, -0.2) is 48.2 Å². The van der Waals surface area contributed by atoms with Gasteiger partial charge in [0.15, 0.2) is 5.71 Å². The summed E-state index contributed by atoms with van der Waals surface area (Å²) in [6.07, 6.45) is 3.59. The van der Waals surface area contributed by atoms with E-state index in [4.69, 9.17) is 9.49 Å². The third kappa shape index (κ3) is 5.80. The summed E-state index contributed by atoms with van der Waals surface area (Å²) in [4.78, 5) is 29.5. The van der Waals surface area contributed by atoms with Gasteiger partial charge in [0.05, 0.1) is 16.9 Å². The van der Waals surface area contributed by atoms with E-state index in [0.717, 1.165) is 0 Å². The van der Waals surface area contributed by atoms with E-state index < -0.39 is 25.1 Å². The lowest BCUT2D eigenvalue weighted by Crippen LogP contribution is -2.50. The number of carbonyl (C=O) groups excluding carboxylic acids is 2. The van der Waals surface area contributed by atoms with E-state index in [1.165, 1.54) is 18.3 Å². The molecule has 0 aromatic carbocycles. The molecule has 0 radical (unpaired) electrons. The number of ketones is 1. The number of hydrogen-bond donors (Lipinski definition) is 2. The van der Waals surface area contributed by atoms with Crippen LogP contribution >= 0.6 is 11.3 Å². The molecule has 1 aliphatic rings. The first-order chi connectivity index (χ1) is 12.0. The number of amides is 1.